The van der Waals surface area contributed by atoms with Crippen LogP contribution in [0.15, 0.2) is 24.3 Å². The zero-order valence-electron chi connectivity index (χ0n) is 17.4. The van der Waals surface area contributed by atoms with Gasteiger partial charge < -0.3 is 5.32 Å². The summed E-state index contributed by atoms with van der Waals surface area (Å²) in [7, 11) is -0.242. The Hall–Kier alpha value is -0.900. The van der Waals surface area contributed by atoms with Crippen LogP contribution in [0.4, 0.5) is 11.4 Å². The van der Waals surface area contributed by atoms with Crippen LogP contribution in [0, 0.1) is 0 Å². The molecule has 144 valence electrons. The van der Waals surface area contributed by atoms with Crippen LogP contribution in [0.1, 0.15) is 47.9 Å². The first-order chi connectivity index (χ1) is 13.1. The van der Waals surface area contributed by atoms with Gasteiger partial charge in [0, 0.05) is 11.4 Å². The van der Waals surface area contributed by atoms with Crippen molar-refractivity contribution in [2.75, 3.05) is 32.0 Å². The lowest BCUT2D eigenvalue weighted by Crippen LogP contribution is -2.20. The summed E-state index contributed by atoms with van der Waals surface area (Å²) in [6, 6.07) is 9.69. The maximum absolute atomic E-state index is 4.09. The topological polar surface area (TPSA) is 12.0 Å². The van der Waals surface area contributed by atoms with Crippen LogP contribution >= 0.6 is 15.8 Å². The van der Waals surface area contributed by atoms with Gasteiger partial charge in [0.25, 0.3) is 0 Å². The van der Waals surface area contributed by atoms with Gasteiger partial charge in [0.05, 0.1) is 0 Å². The van der Waals surface area contributed by atoms with E-state index in [1.165, 1.54) is 62.7 Å². The number of hydrogen-bond acceptors (Lipinski definition) is 1. The standard InChI is InChI=1S/C24H33NP2/c1-26(2)21-15-13-17-9-5-7-11-19(17)23(21)25-24-20-12-8-6-10-18(20)14-16-22(24)27(3)4/h13-16,25H,5-12H2,1-4H3. The molecule has 2 aliphatic carbocycles. The van der Waals surface area contributed by atoms with Gasteiger partial charge in [-0.2, -0.15) is 0 Å². The lowest BCUT2D eigenvalue weighted by atomic mass is 9.89. The smallest absolute Gasteiger partial charge is 0.0497 e. The van der Waals surface area contributed by atoms with E-state index >= 15 is 0 Å². The van der Waals surface area contributed by atoms with Crippen molar-refractivity contribution in [3.8, 4) is 0 Å². The Morgan fingerprint density at radius 2 is 1.00 bits per heavy atom. The molecule has 0 bridgehead atoms. The molecule has 27 heavy (non-hydrogen) atoms. The minimum absolute atomic E-state index is 0.121. The largest absolute Gasteiger partial charge is 0.354 e. The summed E-state index contributed by atoms with van der Waals surface area (Å²) in [5.74, 6) is 0. The molecule has 2 aromatic carbocycles. The summed E-state index contributed by atoms with van der Waals surface area (Å²) >= 11 is 0. The average Bonchev–Trinajstić information content (AvgIpc) is 2.68. The van der Waals surface area contributed by atoms with Crippen LogP contribution in [0.25, 0.3) is 0 Å². The van der Waals surface area contributed by atoms with E-state index in [0.29, 0.717) is 0 Å². The quantitative estimate of drug-likeness (QED) is 0.632. The summed E-state index contributed by atoms with van der Waals surface area (Å²) in [5, 5.41) is 7.21. The first-order valence-electron chi connectivity index (χ1n) is 10.5. The Kier molecular flexibility index (Phi) is 5.92. The number of hydrogen-bond donors (Lipinski definition) is 1. The molecule has 0 radical (unpaired) electrons. The van der Waals surface area contributed by atoms with Crippen LogP contribution in [-0.2, 0) is 25.7 Å². The van der Waals surface area contributed by atoms with Gasteiger partial charge in [0.1, 0.15) is 0 Å². The monoisotopic (exact) mass is 397 g/mol. The minimum Gasteiger partial charge on any atom is -0.354 e. The third-order valence-corrected chi connectivity index (χ3v) is 8.91. The SMILES string of the molecule is CP(C)c1ccc2c(c1Nc1c(P(C)C)ccc3c1CCCC3)CCCC2. The lowest BCUT2D eigenvalue weighted by molar-refractivity contribution is 0.685. The van der Waals surface area contributed by atoms with Crippen molar-refractivity contribution in [1.29, 1.82) is 0 Å². The van der Waals surface area contributed by atoms with Crippen molar-refractivity contribution in [3.63, 3.8) is 0 Å². The molecular weight excluding hydrogens is 364 g/mol. The molecule has 1 nitrogen and oxygen atoms in total. The van der Waals surface area contributed by atoms with Gasteiger partial charge in [-0.05, 0) is 111 Å². The van der Waals surface area contributed by atoms with Crippen molar-refractivity contribution in [1.82, 2.24) is 0 Å². The molecule has 3 heteroatoms. The van der Waals surface area contributed by atoms with E-state index in [9.17, 15) is 0 Å². The van der Waals surface area contributed by atoms with Crippen LogP contribution in [0.3, 0.4) is 0 Å². The highest BCUT2D eigenvalue weighted by molar-refractivity contribution is 7.64. The molecule has 4 rings (SSSR count). The summed E-state index contributed by atoms with van der Waals surface area (Å²) in [6.07, 6.45) is 10.4. The van der Waals surface area contributed by atoms with Crippen molar-refractivity contribution >= 4 is 37.8 Å². The van der Waals surface area contributed by atoms with Gasteiger partial charge in [-0.25, -0.2) is 0 Å². The summed E-state index contributed by atoms with van der Waals surface area (Å²) in [6.45, 7) is 9.61. The zero-order chi connectivity index (χ0) is 19.0. The van der Waals surface area contributed by atoms with E-state index in [0.717, 1.165) is 0 Å². The highest BCUT2D eigenvalue weighted by Crippen LogP contribution is 2.40. The molecule has 1 N–H and O–H groups in total. The first kappa shape index (κ1) is 19.4. The third-order valence-electron chi connectivity index (χ3n) is 6.24. The fourth-order valence-electron chi connectivity index (χ4n) is 4.78. The molecule has 0 aliphatic heterocycles. The molecule has 0 fully saturated rings. The molecule has 0 saturated heterocycles. The van der Waals surface area contributed by atoms with Crippen LogP contribution in [0.2, 0.25) is 0 Å². The summed E-state index contributed by atoms with van der Waals surface area (Å²) < 4.78 is 0. The Balaban J connectivity index is 1.87. The molecule has 2 aliphatic rings. The summed E-state index contributed by atoms with van der Waals surface area (Å²) in [4.78, 5) is 0. The lowest BCUT2D eigenvalue weighted by Gasteiger charge is -2.29. The highest BCUT2D eigenvalue weighted by atomic mass is 31.1. The minimum atomic E-state index is -0.121. The van der Waals surface area contributed by atoms with Gasteiger partial charge >= 0.3 is 0 Å². The Labute approximate surface area is 167 Å². The molecule has 0 amide bonds. The van der Waals surface area contributed by atoms with Gasteiger partial charge in [0.2, 0.25) is 0 Å². The fraction of sp³-hybridized carbons (Fsp3) is 0.500. The maximum atomic E-state index is 4.09. The first-order valence-corrected chi connectivity index (χ1v) is 14.9. The van der Waals surface area contributed by atoms with Crippen molar-refractivity contribution in [2.45, 2.75) is 51.4 Å². The average molecular weight is 397 g/mol. The van der Waals surface area contributed by atoms with Gasteiger partial charge in [0.15, 0.2) is 0 Å². The number of benzene rings is 2. The van der Waals surface area contributed by atoms with E-state index in [1.54, 1.807) is 32.9 Å². The normalized spacial score (nSPS) is 16.4. The second-order valence-electron chi connectivity index (χ2n) is 8.52. The zero-order valence-corrected chi connectivity index (χ0v) is 19.1. The van der Waals surface area contributed by atoms with Crippen LogP contribution in [0.5, 0.6) is 0 Å². The third kappa shape index (κ3) is 3.83. The number of rotatable bonds is 4. The second kappa shape index (κ2) is 8.23. The molecule has 0 saturated carbocycles. The van der Waals surface area contributed by atoms with Crippen LogP contribution < -0.4 is 15.9 Å². The van der Waals surface area contributed by atoms with Crippen molar-refractivity contribution in [2.24, 2.45) is 0 Å². The maximum Gasteiger partial charge on any atom is 0.0497 e. The predicted octanol–water partition coefficient (Wildman–Crippen LogP) is 5.92. The van der Waals surface area contributed by atoms with E-state index in [2.05, 4.69) is 56.2 Å². The molecule has 0 heterocycles. The number of aryl methyl sites for hydroxylation is 2. The number of fused-ring (bicyclic) bond motifs is 2. The number of anilines is 2. The van der Waals surface area contributed by atoms with Gasteiger partial charge in [-0.1, -0.05) is 40.1 Å². The predicted molar refractivity (Wildman–Crippen MR) is 126 cm³/mol. The number of nitrogens with one attached hydrogen (secondary N) is 1. The van der Waals surface area contributed by atoms with Gasteiger partial charge in [-0.15, -0.1) is 0 Å². The van der Waals surface area contributed by atoms with Crippen LogP contribution in [-0.4, -0.2) is 26.7 Å². The molecule has 0 aromatic heterocycles. The Morgan fingerprint density at radius 3 is 1.41 bits per heavy atom. The molecule has 0 atom stereocenters. The van der Waals surface area contributed by atoms with E-state index in [-0.39, 0.29) is 15.8 Å². The fourth-order valence-corrected chi connectivity index (χ4v) is 6.80. The van der Waals surface area contributed by atoms with E-state index in [1.807, 2.05) is 0 Å². The van der Waals surface area contributed by atoms with Gasteiger partial charge in [-0.3, -0.25) is 0 Å². The molecule has 0 spiro atoms. The molecule has 2 aromatic rings. The Bertz CT molecular complexity index is 769. The van der Waals surface area contributed by atoms with E-state index in [4.69, 9.17) is 0 Å². The second-order valence-corrected chi connectivity index (χ2v) is 13.1. The Morgan fingerprint density at radius 1 is 0.593 bits per heavy atom. The summed E-state index contributed by atoms with van der Waals surface area (Å²) in [5.41, 5.74) is 9.36. The van der Waals surface area contributed by atoms with Crippen molar-refractivity contribution in [3.05, 3.63) is 46.5 Å². The molecular formula is C24H33NP2. The highest BCUT2D eigenvalue weighted by Gasteiger charge is 2.22. The molecule has 0 unspecified atom stereocenters. The van der Waals surface area contributed by atoms with Crippen molar-refractivity contribution < 1.29 is 0 Å². The van der Waals surface area contributed by atoms with E-state index < -0.39 is 0 Å².